The first-order valence-electron chi connectivity index (χ1n) is 8.25. The van der Waals surface area contributed by atoms with Crippen LogP contribution in [-0.4, -0.2) is 25.0 Å². The van der Waals surface area contributed by atoms with Crippen molar-refractivity contribution in [1.29, 1.82) is 0 Å². The Morgan fingerprint density at radius 2 is 1.81 bits per heavy atom. The van der Waals surface area contributed by atoms with Crippen molar-refractivity contribution in [3.8, 4) is 5.75 Å². The molecule has 0 spiro atoms. The molecule has 0 aliphatic carbocycles. The van der Waals surface area contributed by atoms with Gasteiger partial charge in [0, 0.05) is 29.2 Å². The summed E-state index contributed by atoms with van der Waals surface area (Å²) in [6, 6.07) is 11.7. The largest absolute Gasteiger partial charge is 0.492 e. The molecule has 0 aliphatic heterocycles. The van der Waals surface area contributed by atoms with Gasteiger partial charge in [-0.2, -0.15) is 0 Å². The highest BCUT2D eigenvalue weighted by atomic mass is 35.5. The average Bonchev–Trinajstić information content (AvgIpc) is 2.61. The summed E-state index contributed by atoms with van der Waals surface area (Å²) in [5.74, 6) is 0.280. The van der Waals surface area contributed by atoms with Crippen LogP contribution < -0.4 is 15.4 Å². The van der Waals surface area contributed by atoms with Crippen LogP contribution in [0.2, 0.25) is 10.0 Å². The highest BCUT2D eigenvalue weighted by molar-refractivity contribution is 6.35. The van der Waals surface area contributed by atoms with Crippen molar-refractivity contribution >= 4 is 40.7 Å². The quantitative estimate of drug-likeness (QED) is 0.645. The fourth-order valence-corrected chi connectivity index (χ4v) is 2.66. The Bertz CT molecular complexity index is 764. The number of hydrogen-bond donors (Lipinski definition) is 2. The first kappa shape index (κ1) is 20.1. The molecule has 0 saturated heterocycles. The summed E-state index contributed by atoms with van der Waals surface area (Å²) >= 11 is 11.8. The third-order valence-electron chi connectivity index (χ3n) is 3.47. The lowest BCUT2D eigenvalue weighted by Crippen LogP contribution is -2.22. The predicted octanol–water partition coefficient (Wildman–Crippen LogP) is 4.54. The number of anilines is 1. The van der Waals surface area contributed by atoms with Crippen LogP contribution in [0.1, 0.15) is 30.1 Å². The summed E-state index contributed by atoms with van der Waals surface area (Å²) in [5, 5.41) is 6.49. The zero-order valence-electron chi connectivity index (χ0n) is 14.4. The molecule has 0 radical (unpaired) electrons. The van der Waals surface area contributed by atoms with Crippen molar-refractivity contribution < 1.29 is 14.3 Å². The summed E-state index contributed by atoms with van der Waals surface area (Å²) in [7, 11) is 0. The van der Waals surface area contributed by atoms with Gasteiger partial charge in [-0.1, -0.05) is 23.2 Å². The maximum Gasteiger partial charge on any atom is 0.251 e. The summed E-state index contributed by atoms with van der Waals surface area (Å²) < 4.78 is 5.54. The molecule has 0 saturated carbocycles. The van der Waals surface area contributed by atoms with E-state index in [4.69, 9.17) is 27.9 Å². The molecule has 2 amide bonds. The van der Waals surface area contributed by atoms with E-state index in [1.807, 2.05) is 6.92 Å². The molecule has 0 unspecified atom stereocenters. The summed E-state index contributed by atoms with van der Waals surface area (Å²) in [6.45, 7) is 2.79. The maximum atomic E-state index is 12.0. The number of carbonyl (C=O) groups is 2. The minimum atomic E-state index is -0.136. The Balaban J connectivity index is 1.74. The van der Waals surface area contributed by atoms with E-state index < -0.39 is 0 Å². The van der Waals surface area contributed by atoms with E-state index in [0.717, 1.165) is 0 Å². The van der Waals surface area contributed by atoms with Gasteiger partial charge in [-0.25, -0.2) is 0 Å². The molecule has 0 heterocycles. The molecule has 7 heteroatoms. The number of rotatable bonds is 8. The van der Waals surface area contributed by atoms with Crippen LogP contribution in [0.5, 0.6) is 5.75 Å². The number of carbonyl (C=O) groups excluding carboxylic acids is 2. The second kappa shape index (κ2) is 10.0. The monoisotopic (exact) mass is 394 g/mol. The number of nitrogens with one attached hydrogen (secondary N) is 2. The summed E-state index contributed by atoms with van der Waals surface area (Å²) in [6.07, 6.45) is 0.852. The topological polar surface area (TPSA) is 67.4 Å². The van der Waals surface area contributed by atoms with E-state index in [1.54, 1.807) is 42.5 Å². The number of hydrogen-bond acceptors (Lipinski definition) is 3. The number of halogens is 2. The zero-order chi connectivity index (χ0) is 18.9. The summed E-state index contributed by atoms with van der Waals surface area (Å²) in [4.78, 5) is 23.7. The van der Waals surface area contributed by atoms with Gasteiger partial charge in [-0.3, -0.25) is 9.59 Å². The van der Waals surface area contributed by atoms with Gasteiger partial charge in [0.05, 0.1) is 11.6 Å². The number of benzene rings is 2. The van der Waals surface area contributed by atoms with Crippen LogP contribution in [-0.2, 0) is 4.79 Å². The van der Waals surface area contributed by atoms with Gasteiger partial charge >= 0.3 is 0 Å². The molecule has 5 nitrogen and oxygen atoms in total. The van der Waals surface area contributed by atoms with Crippen LogP contribution in [0.15, 0.2) is 42.5 Å². The predicted molar refractivity (Wildman–Crippen MR) is 104 cm³/mol. The molecule has 2 aromatic rings. The normalized spacial score (nSPS) is 10.3. The lowest BCUT2D eigenvalue weighted by atomic mass is 10.2. The Kier molecular flexibility index (Phi) is 7.75. The number of ether oxygens (including phenoxy) is 1. The van der Waals surface area contributed by atoms with Crippen molar-refractivity contribution in [2.24, 2.45) is 0 Å². The Morgan fingerprint density at radius 1 is 1.08 bits per heavy atom. The molecule has 26 heavy (non-hydrogen) atoms. The van der Waals surface area contributed by atoms with Gasteiger partial charge in [0.2, 0.25) is 5.91 Å². The van der Waals surface area contributed by atoms with Crippen molar-refractivity contribution in [2.75, 3.05) is 18.5 Å². The molecular weight excluding hydrogens is 375 g/mol. The van der Waals surface area contributed by atoms with Gasteiger partial charge in [0.25, 0.3) is 5.91 Å². The Hall–Kier alpha value is -2.24. The summed E-state index contributed by atoms with van der Waals surface area (Å²) in [5.41, 5.74) is 1.20. The van der Waals surface area contributed by atoms with E-state index in [-0.39, 0.29) is 11.8 Å². The highest BCUT2D eigenvalue weighted by Gasteiger charge is 2.07. The van der Waals surface area contributed by atoms with Crippen LogP contribution in [0.3, 0.4) is 0 Å². The van der Waals surface area contributed by atoms with Crippen molar-refractivity contribution in [2.45, 2.75) is 19.8 Å². The van der Waals surface area contributed by atoms with E-state index in [2.05, 4.69) is 10.6 Å². The third-order valence-corrected chi connectivity index (χ3v) is 4.00. The van der Waals surface area contributed by atoms with Crippen molar-refractivity contribution in [3.63, 3.8) is 0 Å². The van der Waals surface area contributed by atoms with Crippen molar-refractivity contribution in [3.05, 3.63) is 58.1 Å². The third kappa shape index (κ3) is 6.24. The second-order valence-electron chi connectivity index (χ2n) is 5.51. The molecule has 0 atom stereocenters. The van der Waals surface area contributed by atoms with Crippen LogP contribution in [0, 0.1) is 0 Å². The van der Waals surface area contributed by atoms with E-state index in [1.165, 1.54) is 0 Å². The minimum Gasteiger partial charge on any atom is -0.492 e. The van der Waals surface area contributed by atoms with Gasteiger partial charge in [-0.05, 0) is 55.8 Å². The Morgan fingerprint density at radius 3 is 2.46 bits per heavy atom. The van der Waals surface area contributed by atoms with E-state index in [0.29, 0.717) is 53.0 Å². The Labute approximate surface area is 162 Å². The van der Waals surface area contributed by atoms with Crippen LogP contribution >= 0.6 is 23.2 Å². The molecular formula is C19H20Cl2N2O3. The van der Waals surface area contributed by atoms with Gasteiger partial charge < -0.3 is 15.4 Å². The van der Waals surface area contributed by atoms with Gasteiger partial charge in [0.1, 0.15) is 5.75 Å². The first-order valence-corrected chi connectivity index (χ1v) is 9.01. The fraction of sp³-hybridized carbons (Fsp3) is 0.263. The molecule has 2 N–H and O–H groups in total. The molecule has 0 aliphatic rings. The smallest absolute Gasteiger partial charge is 0.251 e. The van der Waals surface area contributed by atoms with Crippen LogP contribution in [0.4, 0.5) is 5.69 Å². The second-order valence-corrected chi connectivity index (χ2v) is 6.36. The lowest BCUT2D eigenvalue weighted by molar-refractivity contribution is -0.116. The SMILES string of the molecule is CCNC(=O)c1ccc(NC(=O)CCCOc2ccc(Cl)cc2Cl)cc1. The maximum absolute atomic E-state index is 12.0. The molecule has 2 aromatic carbocycles. The first-order chi connectivity index (χ1) is 12.5. The van der Waals surface area contributed by atoms with Crippen molar-refractivity contribution in [1.82, 2.24) is 5.32 Å². The molecule has 0 bridgehead atoms. The number of amides is 2. The fourth-order valence-electron chi connectivity index (χ4n) is 2.20. The lowest BCUT2D eigenvalue weighted by Gasteiger charge is -2.09. The molecule has 2 rings (SSSR count). The average molecular weight is 395 g/mol. The molecule has 138 valence electrons. The van der Waals surface area contributed by atoms with Gasteiger partial charge in [-0.15, -0.1) is 0 Å². The van der Waals surface area contributed by atoms with E-state index >= 15 is 0 Å². The minimum absolute atomic E-state index is 0.124. The van der Waals surface area contributed by atoms with Crippen LogP contribution in [0.25, 0.3) is 0 Å². The highest BCUT2D eigenvalue weighted by Crippen LogP contribution is 2.27. The van der Waals surface area contributed by atoms with E-state index in [9.17, 15) is 9.59 Å². The zero-order valence-corrected chi connectivity index (χ0v) is 15.9. The van der Waals surface area contributed by atoms with Gasteiger partial charge in [0.15, 0.2) is 0 Å². The standard InChI is InChI=1S/C19H20Cl2N2O3/c1-2-22-19(25)13-5-8-15(9-6-13)23-18(24)4-3-11-26-17-10-7-14(20)12-16(17)21/h5-10,12H,2-4,11H2,1H3,(H,22,25)(H,23,24). The molecule has 0 aromatic heterocycles. The molecule has 0 fully saturated rings.